The van der Waals surface area contributed by atoms with Crippen LogP contribution < -0.4 is 0 Å². The molecule has 1 aromatic carbocycles. The molecule has 2 fully saturated rings. The van der Waals surface area contributed by atoms with Crippen LogP contribution in [0.25, 0.3) is 0 Å². The fraction of sp³-hybridized carbons (Fsp3) is 0.650. The maximum absolute atomic E-state index is 12.7. The van der Waals surface area contributed by atoms with E-state index in [4.69, 9.17) is 0 Å². The highest BCUT2D eigenvalue weighted by Crippen LogP contribution is 2.23. The van der Waals surface area contributed by atoms with Gasteiger partial charge in [-0.05, 0) is 56.5 Å². The molecular formula is C20H30N2O. The monoisotopic (exact) mass is 314 g/mol. The number of rotatable bonds is 4. The Morgan fingerprint density at radius 2 is 1.61 bits per heavy atom. The predicted octanol–water partition coefficient (Wildman–Crippen LogP) is 4.08. The highest BCUT2D eigenvalue weighted by Gasteiger charge is 2.22. The Balaban J connectivity index is 1.58. The van der Waals surface area contributed by atoms with Crippen molar-refractivity contribution in [3.63, 3.8) is 0 Å². The number of piperidine rings is 1. The third-order valence-electron chi connectivity index (χ3n) is 5.50. The van der Waals surface area contributed by atoms with Gasteiger partial charge in [-0.2, -0.15) is 0 Å². The molecule has 1 saturated heterocycles. The highest BCUT2D eigenvalue weighted by atomic mass is 16.2. The van der Waals surface area contributed by atoms with Gasteiger partial charge >= 0.3 is 0 Å². The van der Waals surface area contributed by atoms with Crippen molar-refractivity contribution >= 4 is 5.91 Å². The minimum Gasteiger partial charge on any atom is -0.339 e. The van der Waals surface area contributed by atoms with E-state index >= 15 is 0 Å². The van der Waals surface area contributed by atoms with Gasteiger partial charge in [-0.25, -0.2) is 0 Å². The molecule has 0 atom stereocenters. The molecule has 1 heterocycles. The quantitative estimate of drug-likeness (QED) is 0.836. The first kappa shape index (κ1) is 16.5. The number of carbonyl (C=O) groups excluding carboxylic acids is 1. The summed E-state index contributed by atoms with van der Waals surface area (Å²) in [5.74, 6) is 0.182. The lowest BCUT2D eigenvalue weighted by Crippen LogP contribution is -2.38. The molecule has 3 nitrogen and oxygen atoms in total. The van der Waals surface area contributed by atoms with Gasteiger partial charge in [0.1, 0.15) is 0 Å². The molecule has 23 heavy (non-hydrogen) atoms. The van der Waals surface area contributed by atoms with Gasteiger partial charge in [-0.15, -0.1) is 0 Å². The Hall–Kier alpha value is -1.35. The number of amides is 1. The molecule has 1 aromatic rings. The van der Waals surface area contributed by atoms with Gasteiger partial charge < -0.3 is 4.90 Å². The maximum Gasteiger partial charge on any atom is 0.253 e. The molecule has 126 valence electrons. The molecule has 1 amide bonds. The van der Waals surface area contributed by atoms with E-state index in [1.54, 1.807) is 0 Å². The molecule has 0 aromatic heterocycles. The minimum atomic E-state index is 0.182. The molecule has 3 heteroatoms. The van der Waals surface area contributed by atoms with Crippen molar-refractivity contribution in [1.82, 2.24) is 9.80 Å². The van der Waals surface area contributed by atoms with E-state index in [0.29, 0.717) is 6.04 Å². The van der Waals surface area contributed by atoms with Crippen molar-refractivity contribution in [3.05, 3.63) is 35.4 Å². The minimum absolute atomic E-state index is 0.182. The topological polar surface area (TPSA) is 23.6 Å². The second-order valence-corrected chi connectivity index (χ2v) is 7.24. The first-order valence-corrected chi connectivity index (χ1v) is 9.32. The van der Waals surface area contributed by atoms with E-state index in [2.05, 4.69) is 17.0 Å². The van der Waals surface area contributed by atoms with Crippen molar-refractivity contribution in [2.24, 2.45) is 0 Å². The number of benzene rings is 1. The number of hydrogen-bond donors (Lipinski definition) is 0. The fourth-order valence-electron chi connectivity index (χ4n) is 3.97. The Morgan fingerprint density at radius 1 is 1.00 bits per heavy atom. The van der Waals surface area contributed by atoms with Crippen LogP contribution in [-0.2, 0) is 6.54 Å². The van der Waals surface area contributed by atoms with Crippen LogP contribution in [0.5, 0.6) is 0 Å². The summed E-state index contributed by atoms with van der Waals surface area (Å²) in [4.78, 5) is 17.2. The highest BCUT2D eigenvalue weighted by molar-refractivity contribution is 5.94. The third-order valence-corrected chi connectivity index (χ3v) is 5.50. The molecule has 0 spiro atoms. The normalized spacial score (nSPS) is 20.4. The Kier molecular flexibility index (Phi) is 5.71. The predicted molar refractivity (Wildman–Crippen MR) is 94.5 cm³/mol. The van der Waals surface area contributed by atoms with Gasteiger partial charge in [0, 0.05) is 25.2 Å². The van der Waals surface area contributed by atoms with E-state index in [1.807, 2.05) is 24.1 Å². The van der Waals surface area contributed by atoms with Gasteiger partial charge in [-0.3, -0.25) is 9.69 Å². The molecule has 0 unspecified atom stereocenters. The van der Waals surface area contributed by atoms with Crippen LogP contribution in [-0.4, -0.2) is 41.9 Å². The second kappa shape index (κ2) is 7.96. The molecule has 0 radical (unpaired) electrons. The Morgan fingerprint density at radius 3 is 2.26 bits per heavy atom. The average Bonchev–Trinajstić information content (AvgIpc) is 2.63. The van der Waals surface area contributed by atoms with Crippen molar-refractivity contribution in [2.75, 3.05) is 20.1 Å². The fourth-order valence-corrected chi connectivity index (χ4v) is 3.97. The van der Waals surface area contributed by atoms with Crippen LogP contribution in [0.4, 0.5) is 0 Å². The van der Waals surface area contributed by atoms with Crippen molar-refractivity contribution in [2.45, 2.75) is 64.0 Å². The third kappa shape index (κ3) is 4.35. The van der Waals surface area contributed by atoms with Crippen LogP contribution in [0.15, 0.2) is 24.3 Å². The zero-order valence-electron chi connectivity index (χ0n) is 14.5. The summed E-state index contributed by atoms with van der Waals surface area (Å²) in [5.41, 5.74) is 2.16. The number of carbonyl (C=O) groups is 1. The summed E-state index contributed by atoms with van der Waals surface area (Å²) in [5, 5.41) is 0. The van der Waals surface area contributed by atoms with Gasteiger partial charge in [0.25, 0.3) is 5.91 Å². The number of nitrogens with zero attached hydrogens (tertiary/aromatic N) is 2. The Labute approximate surface area is 140 Å². The number of likely N-dealkylation sites (tertiary alicyclic amines) is 1. The van der Waals surface area contributed by atoms with E-state index in [1.165, 1.54) is 57.2 Å². The lowest BCUT2D eigenvalue weighted by atomic mass is 9.94. The molecule has 3 rings (SSSR count). The zero-order chi connectivity index (χ0) is 16.1. The second-order valence-electron chi connectivity index (χ2n) is 7.24. The molecule has 0 N–H and O–H groups in total. The smallest absolute Gasteiger partial charge is 0.253 e. The van der Waals surface area contributed by atoms with Gasteiger partial charge in [0.05, 0.1) is 0 Å². The van der Waals surface area contributed by atoms with Crippen molar-refractivity contribution in [3.8, 4) is 0 Å². The van der Waals surface area contributed by atoms with Crippen LogP contribution in [0.2, 0.25) is 0 Å². The van der Waals surface area contributed by atoms with E-state index in [0.717, 1.165) is 24.9 Å². The molecular weight excluding hydrogens is 284 g/mol. The summed E-state index contributed by atoms with van der Waals surface area (Å²) < 4.78 is 0. The van der Waals surface area contributed by atoms with Crippen molar-refractivity contribution in [1.29, 1.82) is 0 Å². The van der Waals surface area contributed by atoms with Gasteiger partial charge in [0.15, 0.2) is 0 Å². The molecule has 1 saturated carbocycles. The summed E-state index contributed by atoms with van der Waals surface area (Å²) in [6.45, 7) is 3.45. The first-order valence-electron chi connectivity index (χ1n) is 9.32. The lowest BCUT2D eigenvalue weighted by Gasteiger charge is -2.31. The number of hydrogen-bond acceptors (Lipinski definition) is 2. The SMILES string of the molecule is CN(C(=O)c1ccc(CN2CCCCC2)cc1)C1CCCCC1. The summed E-state index contributed by atoms with van der Waals surface area (Å²) in [6, 6.07) is 8.74. The first-order chi connectivity index (χ1) is 11.2. The average molecular weight is 314 g/mol. The van der Waals surface area contributed by atoms with Crippen molar-refractivity contribution < 1.29 is 4.79 Å². The maximum atomic E-state index is 12.7. The standard InChI is InChI=1S/C20H30N2O/c1-21(19-8-4-2-5-9-19)20(23)18-12-10-17(11-13-18)16-22-14-6-3-7-15-22/h10-13,19H,2-9,14-16H2,1H3. The summed E-state index contributed by atoms with van der Waals surface area (Å²) >= 11 is 0. The van der Waals surface area contributed by atoms with E-state index in [9.17, 15) is 4.79 Å². The van der Waals surface area contributed by atoms with Gasteiger partial charge in [0.2, 0.25) is 0 Å². The summed E-state index contributed by atoms with van der Waals surface area (Å²) in [7, 11) is 1.97. The lowest BCUT2D eigenvalue weighted by molar-refractivity contribution is 0.0696. The van der Waals surface area contributed by atoms with Gasteiger partial charge in [-0.1, -0.05) is 37.8 Å². The largest absolute Gasteiger partial charge is 0.339 e. The van der Waals surface area contributed by atoms with E-state index in [-0.39, 0.29) is 5.91 Å². The zero-order valence-corrected chi connectivity index (χ0v) is 14.5. The van der Waals surface area contributed by atoms with Crippen LogP contribution in [0.3, 0.4) is 0 Å². The molecule has 0 bridgehead atoms. The Bertz CT molecular complexity index is 499. The summed E-state index contributed by atoms with van der Waals surface area (Å²) in [6.07, 6.45) is 10.2. The molecule has 1 aliphatic carbocycles. The van der Waals surface area contributed by atoms with Crippen LogP contribution in [0.1, 0.15) is 67.3 Å². The molecule has 2 aliphatic rings. The van der Waals surface area contributed by atoms with Crippen LogP contribution in [0, 0.1) is 0 Å². The molecule has 1 aliphatic heterocycles. The van der Waals surface area contributed by atoms with E-state index < -0.39 is 0 Å². The van der Waals surface area contributed by atoms with Crippen LogP contribution >= 0.6 is 0 Å².